The van der Waals surface area contributed by atoms with Crippen LogP contribution in [0.2, 0.25) is 0 Å². The SMILES string of the molecule is COc1ccc2ncc(N(C)C)c([C@H](F)CCC3(C(=O)O)CCN(CCNc4c(F)cc(F)cc4F)CC3)c2c1. The van der Waals surface area contributed by atoms with Crippen LogP contribution in [0.4, 0.5) is 28.9 Å². The minimum absolute atomic E-state index is 0.0220. The van der Waals surface area contributed by atoms with Crippen molar-refractivity contribution in [3.63, 3.8) is 0 Å². The summed E-state index contributed by atoms with van der Waals surface area (Å²) in [4.78, 5) is 20.6. The molecule has 1 fully saturated rings. The summed E-state index contributed by atoms with van der Waals surface area (Å²) in [6, 6.07) is 6.50. The van der Waals surface area contributed by atoms with Gasteiger partial charge in [-0.2, -0.15) is 0 Å². The Morgan fingerprint density at radius 1 is 1.18 bits per heavy atom. The molecule has 11 heteroatoms. The van der Waals surface area contributed by atoms with Gasteiger partial charge in [0.2, 0.25) is 0 Å². The van der Waals surface area contributed by atoms with Crippen LogP contribution in [-0.2, 0) is 4.79 Å². The van der Waals surface area contributed by atoms with Gasteiger partial charge in [0.1, 0.15) is 23.4 Å². The molecule has 1 saturated heterocycles. The van der Waals surface area contributed by atoms with Crippen molar-refractivity contribution >= 4 is 28.2 Å². The van der Waals surface area contributed by atoms with Crippen molar-refractivity contribution in [2.75, 3.05) is 57.6 Å². The van der Waals surface area contributed by atoms with Gasteiger partial charge in [0, 0.05) is 50.3 Å². The number of pyridine rings is 1. The average Bonchev–Trinajstić information content (AvgIpc) is 2.92. The summed E-state index contributed by atoms with van der Waals surface area (Å²) in [6.45, 7) is 1.49. The van der Waals surface area contributed by atoms with E-state index in [0.29, 0.717) is 72.5 Å². The summed E-state index contributed by atoms with van der Waals surface area (Å²) in [5.74, 6) is -3.40. The number of methoxy groups -OCH3 is 1. The van der Waals surface area contributed by atoms with Gasteiger partial charge in [0.25, 0.3) is 0 Å². The standard InChI is InChI=1S/C29H34F4N4O3/c1-36(2)25-17-35-24-5-4-19(40-3)16-20(24)26(25)21(31)6-7-29(28(38)39)8-11-37(12-9-29)13-10-34-27-22(32)14-18(30)15-23(27)33/h4-5,14-17,21,34H,6-13H2,1-3H3,(H,38,39)/t21-/m1/s1. The van der Waals surface area contributed by atoms with Crippen LogP contribution < -0.4 is 15.0 Å². The van der Waals surface area contributed by atoms with E-state index in [1.54, 1.807) is 43.4 Å². The van der Waals surface area contributed by atoms with Crippen LogP contribution >= 0.6 is 0 Å². The van der Waals surface area contributed by atoms with Crippen LogP contribution in [0.3, 0.4) is 0 Å². The normalized spacial score (nSPS) is 16.1. The number of fused-ring (bicyclic) bond motifs is 1. The molecule has 1 aromatic heterocycles. The lowest BCUT2D eigenvalue weighted by atomic mass is 9.74. The van der Waals surface area contributed by atoms with Crippen molar-refractivity contribution in [1.29, 1.82) is 0 Å². The molecule has 40 heavy (non-hydrogen) atoms. The maximum absolute atomic E-state index is 16.0. The number of nitrogens with zero attached hydrogens (tertiary/aromatic N) is 3. The number of carboxylic acid groups (broad SMARTS) is 1. The summed E-state index contributed by atoms with van der Waals surface area (Å²) < 4.78 is 62.2. The molecule has 4 rings (SSSR count). The molecule has 1 aliphatic rings. The highest BCUT2D eigenvalue weighted by atomic mass is 19.1. The number of halogens is 4. The first-order chi connectivity index (χ1) is 19.0. The number of ether oxygens (including phenoxy) is 1. The second kappa shape index (κ2) is 12.3. The molecule has 2 heterocycles. The van der Waals surface area contributed by atoms with E-state index in [1.807, 2.05) is 4.90 Å². The molecule has 1 aliphatic heterocycles. The Morgan fingerprint density at radius 3 is 2.45 bits per heavy atom. The Hall–Kier alpha value is -3.60. The molecule has 0 saturated carbocycles. The van der Waals surface area contributed by atoms with Crippen LogP contribution in [0.25, 0.3) is 10.9 Å². The minimum Gasteiger partial charge on any atom is -0.497 e. The Labute approximate surface area is 230 Å². The quantitative estimate of drug-likeness (QED) is 0.286. The smallest absolute Gasteiger partial charge is 0.309 e. The van der Waals surface area contributed by atoms with Gasteiger partial charge in [-0.25, -0.2) is 17.6 Å². The number of rotatable bonds is 11. The number of carboxylic acids is 1. The number of alkyl halides is 1. The van der Waals surface area contributed by atoms with E-state index in [0.717, 1.165) is 0 Å². The lowest BCUT2D eigenvalue weighted by molar-refractivity contribution is -0.153. The highest BCUT2D eigenvalue weighted by Gasteiger charge is 2.42. The first-order valence-corrected chi connectivity index (χ1v) is 13.2. The first kappa shape index (κ1) is 29.4. The van der Waals surface area contributed by atoms with Gasteiger partial charge < -0.3 is 25.0 Å². The van der Waals surface area contributed by atoms with Crippen molar-refractivity contribution in [2.45, 2.75) is 31.9 Å². The fourth-order valence-corrected chi connectivity index (χ4v) is 5.37. The van der Waals surface area contributed by atoms with Crippen molar-refractivity contribution in [2.24, 2.45) is 5.41 Å². The van der Waals surface area contributed by atoms with Crippen molar-refractivity contribution in [3.8, 4) is 5.75 Å². The number of anilines is 2. The molecule has 0 unspecified atom stereocenters. The molecule has 216 valence electrons. The van der Waals surface area contributed by atoms with E-state index in [1.165, 1.54) is 7.11 Å². The number of likely N-dealkylation sites (tertiary alicyclic amines) is 1. The Kier molecular flexibility index (Phi) is 9.02. The maximum Gasteiger partial charge on any atom is 0.309 e. The van der Waals surface area contributed by atoms with E-state index < -0.39 is 40.7 Å². The maximum atomic E-state index is 16.0. The largest absolute Gasteiger partial charge is 0.497 e. The third-order valence-corrected chi connectivity index (χ3v) is 7.77. The summed E-state index contributed by atoms with van der Waals surface area (Å²) in [5.41, 5.74) is 0.222. The van der Waals surface area contributed by atoms with E-state index in [4.69, 9.17) is 4.74 Å². The van der Waals surface area contributed by atoms with E-state index >= 15 is 4.39 Å². The van der Waals surface area contributed by atoms with E-state index in [9.17, 15) is 23.1 Å². The fourth-order valence-electron chi connectivity index (χ4n) is 5.37. The molecule has 3 aromatic rings. The van der Waals surface area contributed by atoms with Crippen LogP contribution in [-0.4, -0.2) is 68.3 Å². The van der Waals surface area contributed by atoms with Crippen molar-refractivity contribution in [1.82, 2.24) is 9.88 Å². The zero-order valence-electron chi connectivity index (χ0n) is 22.8. The molecule has 0 radical (unpaired) electrons. The Balaban J connectivity index is 1.41. The van der Waals surface area contributed by atoms with Gasteiger partial charge in [-0.3, -0.25) is 9.78 Å². The monoisotopic (exact) mass is 562 g/mol. The Morgan fingerprint density at radius 2 is 1.85 bits per heavy atom. The highest BCUT2D eigenvalue weighted by Crippen LogP contribution is 2.43. The van der Waals surface area contributed by atoms with Crippen LogP contribution in [0.15, 0.2) is 36.5 Å². The van der Waals surface area contributed by atoms with E-state index in [2.05, 4.69) is 10.3 Å². The number of aliphatic carboxylic acids is 1. The third-order valence-electron chi connectivity index (χ3n) is 7.77. The molecule has 2 N–H and O–H groups in total. The van der Waals surface area contributed by atoms with Crippen LogP contribution in [0, 0.1) is 22.9 Å². The highest BCUT2D eigenvalue weighted by molar-refractivity contribution is 5.88. The lowest BCUT2D eigenvalue weighted by Gasteiger charge is -2.39. The van der Waals surface area contributed by atoms with E-state index in [-0.39, 0.29) is 19.4 Å². The van der Waals surface area contributed by atoms with Gasteiger partial charge in [0.15, 0.2) is 11.6 Å². The second-order valence-electron chi connectivity index (χ2n) is 10.4. The zero-order chi connectivity index (χ0) is 29.0. The molecule has 0 bridgehead atoms. The van der Waals surface area contributed by atoms with Gasteiger partial charge >= 0.3 is 5.97 Å². The van der Waals surface area contributed by atoms with Crippen LogP contribution in [0.5, 0.6) is 5.75 Å². The summed E-state index contributed by atoms with van der Waals surface area (Å²) in [6.07, 6.45) is 1.02. The molecule has 7 nitrogen and oxygen atoms in total. The Bertz CT molecular complexity index is 1340. The van der Waals surface area contributed by atoms with Crippen molar-refractivity contribution < 1.29 is 32.2 Å². The predicted molar refractivity (Wildman–Crippen MR) is 146 cm³/mol. The molecule has 2 aromatic carbocycles. The number of benzene rings is 2. The molecule has 0 spiro atoms. The molecular formula is C29H34F4N4O3. The second-order valence-corrected chi connectivity index (χ2v) is 10.4. The summed E-state index contributed by atoms with van der Waals surface area (Å²) in [7, 11) is 5.15. The predicted octanol–water partition coefficient (Wildman–Crippen LogP) is 5.80. The topological polar surface area (TPSA) is 77.9 Å². The minimum atomic E-state index is -1.42. The number of piperidine rings is 1. The number of nitrogens with one attached hydrogen (secondary N) is 1. The van der Waals surface area contributed by atoms with Gasteiger partial charge in [-0.1, -0.05) is 0 Å². The van der Waals surface area contributed by atoms with Crippen molar-refractivity contribution in [3.05, 3.63) is 59.5 Å². The molecule has 0 aliphatic carbocycles. The molecule has 1 atom stereocenters. The van der Waals surface area contributed by atoms with Gasteiger partial charge in [-0.05, 0) is 57.0 Å². The summed E-state index contributed by atoms with van der Waals surface area (Å²) >= 11 is 0. The lowest BCUT2D eigenvalue weighted by Crippen LogP contribution is -2.45. The number of hydrogen-bond donors (Lipinski definition) is 2. The molecule has 0 amide bonds. The number of aromatic nitrogens is 1. The average molecular weight is 563 g/mol. The zero-order valence-corrected chi connectivity index (χ0v) is 22.8. The molecular weight excluding hydrogens is 528 g/mol. The van der Waals surface area contributed by atoms with Gasteiger partial charge in [0.05, 0.1) is 29.9 Å². The fraction of sp³-hybridized carbons (Fsp3) is 0.448. The summed E-state index contributed by atoms with van der Waals surface area (Å²) in [5, 5.41) is 13.4. The first-order valence-electron chi connectivity index (χ1n) is 13.2. The number of carbonyl (C=O) groups is 1. The van der Waals surface area contributed by atoms with Crippen LogP contribution in [0.1, 0.15) is 37.4 Å². The number of hydrogen-bond acceptors (Lipinski definition) is 6. The third kappa shape index (κ3) is 6.24. The van der Waals surface area contributed by atoms with Gasteiger partial charge in [-0.15, -0.1) is 0 Å².